The molecule has 8 nitrogen and oxygen atoms in total. The normalized spacial score (nSPS) is 13.1. The molecule has 0 bridgehead atoms. The summed E-state index contributed by atoms with van der Waals surface area (Å²) in [6.07, 6.45) is 0.705. The molecule has 0 saturated heterocycles. The summed E-state index contributed by atoms with van der Waals surface area (Å²) >= 11 is 0. The first kappa shape index (κ1) is 13.6. The van der Waals surface area contributed by atoms with Crippen molar-refractivity contribution in [2.24, 2.45) is 0 Å². The Morgan fingerprint density at radius 2 is 1.71 bits per heavy atom. The third-order valence-corrected chi connectivity index (χ3v) is 3.53. The summed E-state index contributed by atoms with van der Waals surface area (Å²) in [5.41, 5.74) is -0.241. The molecule has 0 aliphatic rings. The fourth-order valence-electron chi connectivity index (χ4n) is 1.08. The topological polar surface area (TPSA) is 146 Å². The van der Waals surface area contributed by atoms with E-state index in [2.05, 4.69) is 0 Å². The van der Waals surface area contributed by atoms with Gasteiger partial charge >= 0.3 is 0 Å². The third kappa shape index (κ3) is 3.23. The Hall–Kier alpha value is -1.49. The van der Waals surface area contributed by atoms with Gasteiger partial charge in [0.2, 0.25) is 0 Å². The van der Waals surface area contributed by atoms with Crippen molar-refractivity contribution in [1.29, 1.82) is 0 Å². The molecule has 0 unspecified atom stereocenters. The van der Waals surface area contributed by atoms with E-state index in [9.17, 15) is 22.0 Å². The number of hydrogen-bond donors (Lipinski definition) is 3. The number of hydrogen-bond acceptors (Lipinski definition) is 5. The van der Waals surface area contributed by atoms with Crippen molar-refractivity contribution < 1.29 is 31.1 Å². The molecule has 0 aliphatic carbocycles. The first-order valence-corrected chi connectivity index (χ1v) is 6.84. The Morgan fingerprint density at radius 1 is 1.12 bits per heavy atom. The van der Waals surface area contributed by atoms with Crippen LogP contribution in [-0.2, 0) is 20.2 Å². The minimum absolute atomic E-state index is 0.241. The van der Waals surface area contributed by atoms with E-state index < -0.39 is 30.0 Å². The van der Waals surface area contributed by atoms with Gasteiger partial charge in [-0.15, -0.1) is 0 Å². The van der Waals surface area contributed by atoms with E-state index >= 15 is 0 Å². The van der Waals surface area contributed by atoms with Gasteiger partial charge in [0.25, 0.3) is 20.2 Å². The molecular weight excluding hydrogens is 274 g/mol. The van der Waals surface area contributed by atoms with E-state index in [0.717, 1.165) is 12.1 Å². The predicted molar refractivity (Wildman–Crippen MR) is 55.6 cm³/mol. The van der Waals surface area contributed by atoms with Crippen LogP contribution in [0, 0.1) is 5.21 Å². The molecule has 1 aromatic rings. The van der Waals surface area contributed by atoms with Crippen LogP contribution >= 0.6 is 0 Å². The van der Waals surface area contributed by atoms with Gasteiger partial charge in [0, 0.05) is 0 Å². The summed E-state index contributed by atoms with van der Waals surface area (Å²) < 4.78 is 61.0. The molecule has 0 atom stereocenters. The summed E-state index contributed by atoms with van der Waals surface area (Å²) in [5, 5.41) is 11.4. The molecular formula is C7H7NO7S2. The van der Waals surface area contributed by atoms with Crippen LogP contribution in [0.25, 0.3) is 0 Å². The SMILES string of the molecule is O=S(=O)(O)c1ccc(C=[NH+][O-])c(S(=O)(=O)O)c1. The van der Waals surface area contributed by atoms with E-state index in [1.165, 1.54) is 5.16 Å². The lowest BCUT2D eigenvalue weighted by Gasteiger charge is -2.03. The van der Waals surface area contributed by atoms with Gasteiger partial charge < -0.3 is 5.21 Å². The van der Waals surface area contributed by atoms with Crippen LogP contribution in [0.5, 0.6) is 0 Å². The highest BCUT2D eigenvalue weighted by atomic mass is 32.2. The van der Waals surface area contributed by atoms with Gasteiger partial charge in [0.1, 0.15) is 4.90 Å². The van der Waals surface area contributed by atoms with Crippen molar-refractivity contribution in [3.63, 3.8) is 0 Å². The van der Waals surface area contributed by atoms with Gasteiger partial charge in [-0.1, -0.05) is 0 Å². The highest BCUT2D eigenvalue weighted by Crippen LogP contribution is 2.18. The standard InChI is InChI=1S/C7H7NO7S2/c9-8-4-5-1-2-6(16(10,11)12)3-7(5)17(13,14)15/h1-4,8H,(H2-,9,10,11,12,13,14,15). The Morgan fingerprint density at radius 3 is 2.12 bits per heavy atom. The second-order valence-corrected chi connectivity index (χ2v) is 5.72. The summed E-state index contributed by atoms with van der Waals surface area (Å²) in [6, 6.07) is 2.36. The smallest absolute Gasteiger partial charge is 0.295 e. The minimum Gasteiger partial charge on any atom is -0.625 e. The molecule has 0 radical (unpaired) electrons. The molecule has 0 saturated carbocycles. The van der Waals surface area contributed by atoms with Gasteiger partial charge in [0.15, 0.2) is 6.21 Å². The Bertz CT molecular complexity index is 659. The third-order valence-electron chi connectivity index (χ3n) is 1.78. The summed E-state index contributed by atoms with van der Waals surface area (Å²) in [5.74, 6) is 0. The van der Waals surface area contributed by atoms with Gasteiger partial charge in [-0.05, 0) is 18.2 Å². The molecule has 0 aliphatic heterocycles. The quantitative estimate of drug-likeness (QED) is 0.256. The van der Waals surface area contributed by atoms with E-state index in [1.54, 1.807) is 0 Å². The largest absolute Gasteiger partial charge is 0.625 e. The number of nitrogens with one attached hydrogen (secondary N) is 1. The van der Waals surface area contributed by atoms with Crippen LogP contribution in [0.4, 0.5) is 0 Å². The maximum atomic E-state index is 10.9. The van der Waals surface area contributed by atoms with Crippen LogP contribution < -0.4 is 5.16 Å². The lowest BCUT2D eigenvalue weighted by molar-refractivity contribution is -0.366. The summed E-state index contributed by atoms with van der Waals surface area (Å²) in [7, 11) is -9.33. The van der Waals surface area contributed by atoms with E-state index in [0.29, 0.717) is 12.3 Å². The molecule has 94 valence electrons. The van der Waals surface area contributed by atoms with Crippen molar-refractivity contribution in [2.75, 3.05) is 0 Å². The molecule has 0 aromatic heterocycles. The van der Waals surface area contributed by atoms with Gasteiger partial charge in [-0.25, -0.2) is 5.16 Å². The molecule has 0 spiro atoms. The van der Waals surface area contributed by atoms with Crippen molar-refractivity contribution >= 4 is 26.5 Å². The van der Waals surface area contributed by atoms with E-state index in [-0.39, 0.29) is 5.56 Å². The lowest BCUT2D eigenvalue weighted by Crippen LogP contribution is -2.60. The number of benzene rings is 1. The zero-order chi connectivity index (χ0) is 13.3. The minimum atomic E-state index is -4.72. The average Bonchev–Trinajstić information content (AvgIpc) is 2.15. The van der Waals surface area contributed by atoms with Crippen LogP contribution in [-0.4, -0.2) is 32.2 Å². The fourth-order valence-corrected chi connectivity index (χ4v) is 2.36. The summed E-state index contributed by atoms with van der Waals surface area (Å²) in [6.45, 7) is 0. The van der Waals surface area contributed by atoms with Crippen molar-refractivity contribution in [2.45, 2.75) is 9.79 Å². The molecule has 1 rings (SSSR count). The van der Waals surface area contributed by atoms with Crippen LogP contribution in [0.15, 0.2) is 28.0 Å². The summed E-state index contributed by atoms with van der Waals surface area (Å²) in [4.78, 5) is -1.52. The number of rotatable bonds is 3. The highest BCUT2D eigenvalue weighted by Gasteiger charge is 2.20. The second kappa shape index (κ2) is 4.41. The van der Waals surface area contributed by atoms with Crippen molar-refractivity contribution in [1.82, 2.24) is 0 Å². The van der Waals surface area contributed by atoms with Crippen LogP contribution in [0.1, 0.15) is 5.56 Å². The zero-order valence-electron chi connectivity index (χ0n) is 8.06. The molecule has 3 N–H and O–H groups in total. The molecule has 0 amide bonds. The van der Waals surface area contributed by atoms with Crippen LogP contribution in [0.3, 0.4) is 0 Å². The fraction of sp³-hybridized carbons (Fsp3) is 0. The van der Waals surface area contributed by atoms with Crippen LogP contribution in [0.2, 0.25) is 0 Å². The maximum Gasteiger partial charge on any atom is 0.295 e. The molecule has 1 aromatic carbocycles. The Labute approximate surface area is 96.7 Å². The molecule has 17 heavy (non-hydrogen) atoms. The van der Waals surface area contributed by atoms with Crippen molar-refractivity contribution in [3.05, 3.63) is 29.0 Å². The van der Waals surface area contributed by atoms with E-state index in [1.807, 2.05) is 0 Å². The molecule has 0 heterocycles. The van der Waals surface area contributed by atoms with Gasteiger partial charge in [-0.3, -0.25) is 9.11 Å². The second-order valence-electron chi connectivity index (χ2n) is 2.91. The Balaban J connectivity index is 3.63. The Kier molecular flexibility index (Phi) is 3.52. The first-order valence-electron chi connectivity index (χ1n) is 3.96. The van der Waals surface area contributed by atoms with E-state index in [4.69, 9.17) is 9.11 Å². The van der Waals surface area contributed by atoms with Crippen molar-refractivity contribution in [3.8, 4) is 0 Å². The zero-order valence-corrected chi connectivity index (χ0v) is 9.69. The first-order chi connectivity index (χ1) is 7.66. The lowest BCUT2D eigenvalue weighted by atomic mass is 10.2. The predicted octanol–water partition coefficient (Wildman–Crippen LogP) is -1.82. The maximum absolute atomic E-state index is 10.9. The monoisotopic (exact) mass is 281 g/mol. The molecule has 10 heteroatoms. The van der Waals surface area contributed by atoms with Gasteiger partial charge in [0.05, 0.1) is 10.5 Å². The molecule has 0 fully saturated rings. The van der Waals surface area contributed by atoms with Gasteiger partial charge in [-0.2, -0.15) is 16.8 Å². The average molecular weight is 281 g/mol. The highest BCUT2D eigenvalue weighted by molar-refractivity contribution is 7.86.